The number of benzene rings is 2. The van der Waals surface area contributed by atoms with Crippen molar-refractivity contribution >= 4 is 51.7 Å². The maximum absolute atomic E-state index is 13.4. The molecule has 1 fully saturated rings. The zero-order chi connectivity index (χ0) is 24.9. The van der Waals surface area contributed by atoms with E-state index in [1.807, 2.05) is 42.5 Å². The Labute approximate surface area is 226 Å². The predicted molar refractivity (Wildman–Crippen MR) is 150 cm³/mol. The summed E-state index contributed by atoms with van der Waals surface area (Å²) in [6, 6.07) is 13.4. The first kappa shape index (κ1) is 25.3. The standard InChI is InChI=1S/C29H30Cl2N2O2S/c30-21-12-10-19(11-13-21)18-35-25-15-14-22(31)16-20(25)17-32-29-27(24-8-4-5-9-26(24)36-29)28(34)33-23-6-2-1-3-7-23/h10-17,23H,1-9,18H2,(H,33,34). The van der Waals surface area contributed by atoms with Crippen LogP contribution >= 0.6 is 34.5 Å². The van der Waals surface area contributed by atoms with Crippen LogP contribution in [0.25, 0.3) is 0 Å². The molecular formula is C29H30Cl2N2O2S. The van der Waals surface area contributed by atoms with E-state index in [0.29, 0.717) is 22.4 Å². The number of carbonyl (C=O) groups excluding carboxylic acids is 1. The molecule has 0 atom stereocenters. The summed E-state index contributed by atoms with van der Waals surface area (Å²) < 4.78 is 6.10. The fraction of sp³-hybridized carbons (Fsp3) is 0.379. The molecule has 4 nitrogen and oxygen atoms in total. The summed E-state index contributed by atoms with van der Waals surface area (Å²) >= 11 is 14.0. The number of ether oxygens (including phenoxy) is 1. The second kappa shape index (κ2) is 11.8. The van der Waals surface area contributed by atoms with Gasteiger partial charge in [-0.3, -0.25) is 4.79 Å². The number of hydrogen-bond acceptors (Lipinski definition) is 4. The smallest absolute Gasteiger partial charge is 0.254 e. The van der Waals surface area contributed by atoms with E-state index in [-0.39, 0.29) is 11.9 Å². The molecule has 0 unspecified atom stereocenters. The Bertz CT molecular complexity index is 1250. The Morgan fingerprint density at radius 1 is 1.00 bits per heavy atom. The largest absolute Gasteiger partial charge is 0.488 e. The van der Waals surface area contributed by atoms with Gasteiger partial charge in [0.05, 0.1) is 5.56 Å². The molecule has 188 valence electrons. The first-order valence-corrected chi connectivity index (χ1v) is 14.3. The monoisotopic (exact) mass is 540 g/mol. The second-order valence-corrected chi connectivity index (χ2v) is 11.5. The topological polar surface area (TPSA) is 50.7 Å². The van der Waals surface area contributed by atoms with E-state index in [2.05, 4.69) is 5.32 Å². The van der Waals surface area contributed by atoms with Crippen molar-refractivity contribution < 1.29 is 9.53 Å². The fourth-order valence-corrected chi connectivity index (χ4v) is 6.54. The number of hydrogen-bond donors (Lipinski definition) is 1. The van der Waals surface area contributed by atoms with Crippen LogP contribution in [0.3, 0.4) is 0 Å². The number of aryl methyl sites for hydroxylation is 1. The summed E-state index contributed by atoms with van der Waals surface area (Å²) in [5.74, 6) is 0.714. The Morgan fingerprint density at radius 3 is 2.56 bits per heavy atom. The summed E-state index contributed by atoms with van der Waals surface area (Å²) in [7, 11) is 0. The Hall–Kier alpha value is -2.34. The average molecular weight is 542 g/mol. The summed E-state index contributed by atoms with van der Waals surface area (Å²) in [5.41, 5.74) is 3.76. The molecule has 1 heterocycles. The van der Waals surface area contributed by atoms with Gasteiger partial charge in [-0.1, -0.05) is 54.6 Å². The first-order valence-electron chi connectivity index (χ1n) is 12.7. The van der Waals surface area contributed by atoms with Gasteiger partial charge >= 0.3 is 0 Å². The minimum absolute atomic E-state index is 0.0266. The Kier molecular flexibility index (Phi) is 8.30. The van der Waals surface area contributed by atoms with Crippen LogP contribution in [0, 0.1) is 0 Å². The van der Waals surface area contributed by atoms with E-state index in [1.54, 1.807) is 17.6 Å². The molecule has 1 aromatic heterocycles. The summed E-state index contributed by atoms with van der Waals surface area (Å²) in [6.07, 6.45) is 11.8. The lowest BCUT2D eigenvalue weighted by molar-refractivity contribution is 0.0927. The fourth-order valence-electron chi connectivity index (χ4n) is 5.00. The molecule has 2 aliphatic carbocycles. The zero-order valence-electron chi connectivity index (χ0n) is 20.2. The van der Waals surface area contributed by atoms with Gasteiger partial charge in [-0.15, -0.1) is 11.3 Å². The van der Waals surface area contributed by atoms with Crippen molar-refractivity contribution in [3.05, 3.63) is 79.6 Å². The van der Waals surface area contributed by atoms with Gasteiger partial charge in [0.15, 0.2) is 0 Å². The van der Waals surface area contributed by atoms with Gasteiger partial charge in [0.25, 0.3) is 5.91 Å². The molecule has 1 saturated carbocycles. The third-order valence-corrected chi connectivity index (χ3v) is 8.61. The van der Waals surface area contributed by atoms with Gasteiger partial charge < -0.3 is 10.1 Å². The Balaban J connectivity index is 1.40. The zero-order valence-corrected chi connectivity index (χ0v) is 22.5. The number of halogens is 2. The van der Waals surface area contributed by atoms with Crippen molar-refractivity contribution in [1.29, 1.82) is 0 Å². The van der Waals surface area contributed by atoms with Crippen molar-refractivity contribution in [3.8, 4) is 5.75 Å². The van der Waals surface area contributed by atoms with E-state index in [4.69, 9.17) is 32.9 Å². The Morgan fingerprint density at radius 2 is 1.75 bits per heavy atom. The number of aliphatic imine (C=N–C) groups is 1. The van der Waals surface area contributed by atoms with E-state index < -0.39 is 0 Å². The third kappa shape index (κ3) is 6.13. The molecule has 0 saturated heterocycles. The van der Waals surface area contributed by atoms with Gasteiger partial charge in [0.1, 0.15) is 17.4 Å². The highest BCUT2D eigenvalue weighted by Gasteiger charge is 2.27. The quantitative estimate of drug-likeness (QED) is 0.306. The molecule has 7 heteroatoms. The predicted octanol–water partition coefficient (Wildman–Crippen LogP) is 8.33. The highest BCUT2D eigenvalue weighted by molar-refractivity contribution is 7.16. The maximum atomic E-state index is 13.4. The van der Waals surface area contributed by atoms with Crippen LogP contribution in [0.2, 0.25) is 10.0 Å². The van der Waals surface area contributed by atoms with E-state index in [0.717, 1.165) is 60.2 Å². The van der Waals surface area contributed by atoms with E-state index in [9.17, 15) is 4.79 Å². The number of thiophene rings is 1. The molecule has 2 aromatic carbocycles. The van der Waals surface area contributed by atoms with Crippen LogP contribution in [0.4, 0.5) is 5.00 Å². The van der Waals surface area contributed by atoms with Crippen LogP contribution in [-0.4, -0.2) is 18.2 Å². The lowest BCUT2D eigenvalue weighted by Gasteiger charge is -2.23. The first-order chi connectivity index (χ1) is 17.6. The molecule has 1 amide bonds. The number of nitrogens with zero attached hydrogens (tertiary/aromatic N) is 1. The molecule has 3 aromatic rings. The molecule has 1 N–H and O–H groups in total. The van der Waals surface area contributed by atoms with Crippen molar-refractivity contribution in [1.82, 2.24) is 5.32 Å². The van der Waals surface area contributed by atoms with Crippen LogP contribution < -0.4 is 10.1 Å². The van der Waals surface area contributed by atoms with Crippen LogP contribution in [-0.2, 0) is 19.4 Å². The van der Waals surface area contributed by atoms with Gasteiger partial charge in [-0.25, -0.2) is 4.99 Å². The van der Waals surface area contributed by atoms with E-state index in [1.165, 1.54) is 29.7 Å². The summed E-state index contributed by atoms with van der Waals surface area (Å²) in [5, 5.41) is 5.39. The molecule has 36 heavy (non-hydrogen) atoms. The van der Waals surface area contributed by atoms with Crippen molar-refractivity contribution in [2.45, 2.75) is 70.4 Å². The van der Waals surface area contributed by atoms with Gasteiger partial charge in [-0.2, -0.15) is 0 Å². The lowest BCUT2D eigenvalue weighted by atomic mass is 9.93. The molecule has 0 radical (unpaired) electrons. The SMILES string of the molecule is O=C(NC1CCCCC1)c1c(N=Cc2cc(Cl)ccc2OCc2ccc(Cl)cc2)sc2c1CCCC2. The van der Waals surface area contributed by atoms with Crippen molar-refractivity contribution in [3.63, 3.8) is 0 Å². The minimum Gasteiger partial charge on any atom is -0.488 e. The number of nitrogens with one attached hydrogen (secondary N) is 1. The maximum Gasteiger partial charge on any atom is 0.254 e. The highest BCUT2D eigenvalue weighted by atomic mass is 35.5. The van der Waals surface area contributed by atoms with Crippen LogP contribution in [0.5, 0.6) is 5.75 Å². The highest BCUT2D eigenvalue weighted by Crippen LogP contribution is 2.40. The number of rotatable bonds is 7. The molecule has 2 aliphatic rings. The van der Waals surface area contributed by atoms with Crippen molar-refractivity contribution in [2.75, 3.05) is 0 Å². The third-order valence-electron chi connectivity index (χ3n) is 6.92. The van der Waals surface area contributed by atoms with Gasteiger partial charge in [-0.05, 0) is 80.0 Å². The lowest BCUT2D eigenvalue weighted by Crippen LogP contribution is -2.36. The molecule has 0 bridgehead atoms. The second-order valence-electron chi connectivity index (χ2n) is 9.55. The number of fused-ring (bicyclic) bond motifs is 1. The number of carbonyl (C=O) groups is 1. The molecule has 5 rings (SSSR count). The summed E-state index contributed by atoms with van der Waals surface area (Å²) in [4.78, 5) is 19.6. The van der Waals surface area contributed by atoms with Gasteiger partial charge in [0, 0.05) is 32.7 Å². The van der Waals surface area contributed by atoms with Crippen LogP contribution in [0.15, 0.2) is 47.5 Å². The molecule has 0 aliphatic heterocycles. The minimum atomic E-state index is 0.0266. The van der Waals surface area contributed by atoms with Crippen LogP contribution in [0.1, 0.15) is 76.9 Å². The molecular weight excluding hydrogens is 511 g/mol. The van der Waals surface area contributed by atoms with E-state index >= 15 is 0 Å². The van der Waals surface area contributed by atoms with Gasteiger partial charge in [0.2, 0.25) is 0 Å². The normalized spacial score (nSPS) is 16.2. The average Bonchev–Trinajstić information content (AvgIpc) is 3.27. The number of amides is 1. The van der Waals surface area contributed by atoms with Crippen molar-refractivity contribution in [2.24, 2.45) is 4.99 Å². The summed E-state index contributed by atoms with van der Waals surface area (Å²) in [6.45, 7) is 0.405. The molecule has 0 spiro atoms.